The summed E-state index contributed by atoms with van der Waals surface area (Å²) in [6.07, 6.45) is 2.44. The molecule has 0 saturated carbocycles. The van der Waals surface area contributed by atoms with Gasteiger partial charge in [-0.2, -0.15) is 0 Å². The molecule has 1 atom stereocenters. The highest BCUT2D eigenvalue weighted by Gasteiger charge is 2.27. The van der Waals surface area contributed by atoms with E-state index in [2.05, 4.69) is 20.9 Å². The Morgan fingerprint density at radius 2 is 2.14 bits per heavy atom. The molecule has 3 rings (SSSR count). The molecule has 0 bridgehead atoms. The van der Waals surface area contributed by atoms with Crippen molar-refractivity contribution in [2.75, 3.05) is 7.11 Å². The van der Waals surface area contributed by atoms with E-state index < -0.39 is 12.1 Å². The molecule has 1 unspecified atom stereocenters. The molecule has 0 saturated heterocycles. The normalized spacial score (nSPS) is 16.3. The molecular formula is C16H12BrNO3. The van der Waals surface area contributed by atoms with E-state index in [4.69, 9.17) is 4.74 Å². The van der Waals surface area contributed by atoms with Crippen LogP contribution in [0.2, 0.25) is 0 Å². The van der Waals surface area contributed by atoms with Gasteiger partial charge >= 0.3 is 5.97 Å². The van der Waals surface area contributed by atoms with E-state index in [9.17, 15) is 9.90 Å². The maximum Gasteiger partial charge on any atom is 0.338 e. The molecule has 1 aromatic carbocycles. The number of aliphatic hydroxyl groups is 1. The van der Waals surface area contributed by atoms with Crippen molar-refractivity contribution < 1.29 is 14.6 Å². The summed E-state index contributed by atoms with van der Waals surface area (Å²) in [6, 6.07) is 9.04. The quantitative estimate of drug-likeness (QED) is 0.807. The SMILES string of the molecule is COC(=O)C1=Cc2cc(Br)cnc2C(O)c2ccccc21. The fourth-order valence-corrected chi connectivity index (χ4v) is 2.80. The predicted octanol–water partition coefficient (Wildman–Crippen LogP) is 2.95. The number of benzene rings is 1. The summed E-state index contributed by atoms with van der Waals surface area (Å²) in [5.41, 5.74) is 2.91. The van der Waals surface area contributed by atoms with Crippen molar-refractivity contribution in [2.45, 2.75) is 6.10 Å². The van der Waals surface area contributed by atoms with Crippen LogP contribution in [0.25, 0.3) is 11.6 Å². The van der Waals surface area contributed by atoms with Crippen molar-refractivity contribution in [3.63, 3.8) is 0 Å². The van der Waals surface area contributed by atoms with Gasteiger partial charge in [0, 0.05) is 16.2 Å². The largest absolute Gasteiger partial charge is 0.465 e. The third-order valence-electron chi connectivity index (χ3n) is 3.43. The number of esters is 1. The lowest BCUT2D eigenvalue weighted by Crippen LogP contribution is -2.07. The fourth-order valence-electron chi connectivity index (χ4n) is 2.45. The van der Waals surface area contributed by atoms with Gasteiger partial charge in [0.15, 0.2) is 0 Å². The maximum absolute atomic E-state index is 12.1. The van der Waals surface area contributed by atoms with Crippen molar-refractivity contribution >= 4 is 33.5 Å². The van der Waals surface area contributed by atoms with Crippen molar-refractivity contribution in [3.05, 3.63) is 63.4 Å². The van der Waals surface area contributed by atoms with Crippen LogP contribution in [0.1, 0.15) is 28.5 Å². The lowest BCUT2D eigenvalue weighted by molar-refractivity contribution is -0.133. The van der Waals surface area contributed by atoms with Gasteiger partial charge in [-0.15, -0.1) is 0 Å². The van der Waals surface area contributed by atoms with Crippen LogP contribution in [0.15, 0.2) is 41.0 Å². The number of rotatable bonds is 1. The van der Waals surface area contributed by atoms with Crippen LogP contribution >= 0.6 is 15.9 Å². The van der Waals surface area contributed by atoms with Crippen LogP contribution in [0.5, 0.6) is 0 Å². The second-order valence-corrected chi connectivity index (χ2v) is 5.58. The number of fused-ring (bicyclic) bond motifs is 2. The lowest BCUT2D eigenvalue weighted by atomic mass is 9.97. The molecule has 1 heterocycles. The van der Waals surface area contributed by atoms with Crippen molar-refractivity contribution in [2.24, 2.45) is 0 Å². The average Bonchev–Trinajstić information content (AvgIpc) is 2.62. The number of ether oxygens (including phenoxy) is 1. The van der Waals surface area contributed by atoms with Crippen LogP contribution < -0.4 is 0 Å². The minimum Gasteiger partial charge on any atom is -0.465 e. The third-order valence-corrected chi connectivity index (χ3v) is 3.86. The van der Waals surface area contributed by atoms with Crippen molar-refractivity contribution in [3.8, 4) is 0 Å². The first-order chi connectivity index (χ1) is 10.1. The molecular weight excluding hydrogens is 334 g/mol. The Balaban J connectivity index is 2.32. The Bertz CT molecular complexity index is 755. The van der Waals surface area contributed by atoms with Crippen molar-refractivity contribution in [1.29, 1.82) is 0 Å². The molecule has 0 radical (unpaired) electrons. The van der Waals surface area contributed by atoms with E-state index in [1.807, 2.05) is 18.2 Å². The van der Waals surface area contributed by atoms with Gasteiger partial charge in [0.2, 0.25) is 0 Å². The van der Waals surface area contributed by atoms with Crippen LogP contribution in [-0.4, -0.2) is 23.2 Å². The van der Waals surface area contributed by atoms with Gasteiger partial charge in [-0.1, -0.05) is 24.3 Å². The average molecular weight is 346 g/mol. The molecule has 4 nitrogen and oxygen atoms in total. The molecule has 0 amide bonds. The standard InChI is InChI=1S/C16H12BrNO3/c1-21-16(20)13-7-9-6-10(17)8-18-14(9)15(19)12-5-3-2-4-11(12)13/h2-8,15,19H,1H3. The summed E-state index contributed by atoms with van der Waals surface area (Å²) in [7, 11) is 1.34. The predicted molar refractivity (Wildman–Crippen MR) is 82.3 cm³/mol. The molecule has 5 heteroatoms. The van der Waals surface area contributed by atoms with E-state index in [0.717, 1.165) is 4.47 Å². The van der Waals surface area contributed by atoms with Gasteiger partial charge in [0.05, 0.1) is 18.4 Å². The van der Waals surface area contributed by atoms with E-state index >= 15 is 0 Å². The number of pyridine rings is 1. The number of hydrogen-bond acceptors (Lipinski definition) is 4. The number of nitrogens with zero attached hydrogens (tertiary/aromatic N) is 1. The smallest absolute Gasteiger partial charge is 0.338 e. The number of halogens is 1. The monoisotopic (exact) mass is 345 g/mol. The molecule has 1 N–H and O–H groups in total. The Morgan fingerprint density at radius 3 is 2.90 bits per heavy atom. The maximum atomic E-state index is 12.1. The molecule has 0 spiro atoms. The molecule has 1 aliphatic carbocycles. The summed E-state index contributed by atoms with van der Waals surface area (Å²) < 4.78 is 5.64. The number of carbonyl (C=O) groups excluding carboxylic acids is 1. The fraction of sp³-hybridized carbons (Fsp3) is 0.125. The summed E-state index contributed by atoms with van der Waals surface area (Å²) in [5.74, 6) is -0.442. The van der Waals surface area contributed by atoms with Crippen LogP contribution in [0.4, 0.5) is 0 Å². The molecule has 0 aliphatic heterocycles. The van der Waals surface area contributed by atoms with Gasteiger partial charge in [-0.05, 0) is 39.2 Å². The zero-order valence-corrected chi connectivity index (χ0v) is 12.8. The highest BCUT2D eigenvalue weighted by molar-refractivity contribution is 9.10. The molecule has 0 fully saturated rings. The van der Waals surface area contributed by atoms with Gasteiger partial charge in [0.25, 0.3) is 0 Å². The van der Waals surface area contributed by atoms with E-state index in [-0.39, 0.29) is 0 Å². The Hall–Kier alpha value is -1.98. The zero-order valence-electron chi connectivity index (χ0n) is 11.2. The molecule has 106 valence electrons. The van der Waals surface area contributed by atoms with E-state index in [1.54, 1.807) is 24.4 Å². The van der Waals surface area contributed by atoms with Crippen LogP contribution in [0, 0.1) is 0 Å². The topological polar surface area (TPSA) is 59.4 Å². The second kappa shape index (κ2) is 5.42. The highest BCUT2D eigenvalue weighted by Crippen LogP contribution is 2.36. The molecule has 2 aromatic rings. The minimum atomic E-state index is -0.886. The third kappa shape index (κ3) is 2.39. The van der Waals surface area contributed by atoms with Gasteiger partial charge in [-0.25, -0.2) is 4.79 Å². The zero-order chi connectivity index (χ0) is 15.0. The van der Waals surface area contributed by atoms with E-state index in [1.165, 1.54) is 7.11 Å². The number of carbonyl (C=O) groups is 1. The van der Waals surface area contributed by atoms with Crippen molar-refractivity contribution in [1.82, 2.24) is 4.98 Å². The highest BCUT2D eigenvalue weighted by atomic mass is 79.9. The van der Waals surface area contributed by atoms with Crippen LogP contribution in [-0.2, 0) is 9.53 Å². The minimum absolute atomic E-state index is 0.408. The molecule has 1 aliphatic rings. The number of hydrogen-bond donors (Lipinski definition) is 1. The number of aliphatic hydroxyl groups excluding tert-OH is 1. The first-order valence-electron chi connectivity index (χ1n) is 6.34. The van der Waals surface area contributed by atoms with Gasteiger partial charge in [-0.3, -0.25) is 4.98 Å². The van der Waals surface area contributed by atoms with Crippen LogP contribution in [0.3, 0.4) is 0 Å². The summed E-state index contributed by atoms with van der Waals surface area (Å²) in [4.78, 5) is 16.4. The van der Waals surface area contributed by atoms with E-state index in [0.29, 0.717) is 28.0 Å². The first-order valence-corrected chi connectivity index (χ1v) is 7.14. The lowest BCUT2D eigenvalue weighted by Gasteiger charge is -2.14. The number of methoxy groups -OCH3 is 1. The molecule has 1 aromatic heterocycles. The Kier molecular flexibility index (Phi) is 3.61. The second-order valence-electron chi connectivity index (χ2n) is 4.67. The summed E-state index contributed by atoms with van der Waals surface area (Å²) >= 11 is 3.36. The molecule has 21 heavy (non-hydrogen) atoms. The van der Waals surface area contributed by atoms with Gasteiger partial charge < -0.3 is 9.84 Å². The summed E-state index contributed by atoms with van der Waals surface area (Å²) in [5, 5.41) is 10.6. The first kappa shape index (κ1) is 14.0. The Labute approximate surface area is 130 Å². The summed E-state index contributed by atoms with van der Waals surface area (Å²) in [6.45, 7) is 0. The Morgan fingerprint density at radius 1 is 1.38 bits per heavy atom. The number of aromatic nitrogens is 1. The van der Waals surface area contributed by atoms with Gasteiger partial charge in [0.1, 0.15) is 6.10 Å².